The zero-order chi connectivity index (χ0) is 20.8. The molecule has 1 saturated heterocycles. The van der Waals surface area contributed by atoms with Gasteiger partial charge in [-0.05, 0) is 67.1 Å². The third kappa shape index (κ3) is 3.11. The van der Waals surface area contributed by atoms with E-state index in [0.717, 1.165) is 30.3 Å². The highest BCUT2D eigenvalue weighted by Gasteiger charge is 2.38. The molecule has 3 aliphatic rings. The number of likely N-dealkylation sites (tertiary alicyclic amines) is 1. The van der Waals surface area contributed by atoms with E-state index in [2.05, 4.69) is 0 Å². The Hall–Kier alpha value is -3.02. The van der Waals surface area contributed by atoms with Crippen molar-refractivity contribution in [3.63, 3.8) is 0 Å². The van der Waals surface area contributed by atoms with Gasteiger partial charge in [0.1, 0.15) is 5.82 Å². The first kappa shape index (κ1) is 19.0. The monoisotopic (exact) mass is 406 g/mol. The first-order valence-electron chi connectivity index (χ1n) is 10.6. The molecule has 6 heteroatoms. The van der Waals surface area contributed by atoms with Crippen LogP contribution >= 0.6 is 0 Å². The Morgan fingerprint density at radius 2 is 1.57 bits per heavy atom. The third-order valence-electron chi connectivity index (χ3n) is 6.80. The highest BCUT2D eigenvalue weighted by atomic mass is 19.1. The molecule has 0 aromatic heterocycles. The molecule has 2 aromatic carbocycles. The van der Waals surface area contributed by atoms with Crippen LogP contribution in [0, 0.1) is 17.7 Å². The second kappa shape index (κ2) is 7.35. The molecule has 154 valence electrons. The summed E-state index contributed by atoms with van der Waals surface area (Å²) in [5.74, 6) is -0.160. The van der Waals surface area contributed by atoms with Gasteiger partial charge in [-0.2, -0.15) is 0 Å². The first-order valence-corrected chi connectivity index (χ1v) is 10.6. The summed E-state index contributed by atoms with van der Waals surface area (Å²) in [6.45, 7) is 1.51. The minimum Gasteiger partial charge on any atom is -0.338 e. The third-order valence-corrected chi connectivity index (χ3v) is 6.80. The van der Waals surface area contributed by atoms with Gasteiger partial charge in [-0.25, -0.2) is 9.29 Å². The Bertz CT molecular complexity index is 1030. The Morgan fingerprint density at radius 3 is 2.33 bits per heavy atom. The molecule has 0 unspecified atom stereocenters. The van der Waals surface area contributed by atoms with E-state index in [1.807, 2.05) is 4.90 Å². The van der Waals surface area contributed by atoms with Crippen LogP contribution in [0.2, 0.25) is 0 Å². The van der Waals surface area contributed by atoms with Crippen LogP contribution in [0.25, 0.3) is 0 Å². The molecule has 2 aromatic rings. The van der Waals surface area contributed by atoms with Crippen molar-refractivity contribution in [3.05, 3.63) is 65.0 Å². The van der Waals surface area contributed by atoms with E-state index < -0.39 is 17.6 Å². The molecule has 3 amide bonds. The highest BCUT2D eigenvalue weighted by molar-refractivity contribution is 6.34. The molecule has 1 saturated carbocycles. The normalized spacial score (nSPS) is 23.4. The molecule has 0 radical (unpaired) electrons. The minimum absolute atomic E-state index is 0.0812. The van der Waals surface area contributed by atoms with E-state index >= 15 is 0 Å². The number of carbonyl (C=O) groups is 3. The zero-order valence-corrected chi connectivity index (χ0v) is 16.6. The number of imide groups is 1. The number of halogens is 1. The van der Waals surface area contributed by atoms with Crippen LogP contribution < -0.4 is 4.90 Å². The molecular weight excluding hydrogens is 383 g/mol. The lowest BCUT2D eigenvalue weighted by Gasteiger charge is -2.41. The second-order valence-electron chi connectivity index (χ2n) is 8.53. The van der Waals surface area contributed by atoms with Gasteiger partial charge in [0.15, 0.2) is 0 Å². The lowest BCUT2D eigenvalue weighted by atomic mass is 9.75. The van der Waals surface area contributed by atoms with Crippen molar-refractivity contribution in [3.8, 4) is 0 Å². The number of rotatable bonds is 2. The number of amides is 3. The summed E-state index contributed by atoms with van der Waals surface area (Å²) in [5, 5.41) is 0. The predicted octanol–water partition coefficient (Wildman–Crippen LogP) is 4.28. The zero-order valence-electron chi connectivity index (χ0n) is 16.6. The number of benzene rings is 2. The summed E-state index contributed by atoms with van der Waals surface area (Å²) >= 11 is 0. The van der Waals surface area contributed by atoms with E-state index in [4.69, 9.17) is 0 Å². The summed E-state index contributed by atoms with van der Waals surface area (Å²) in [7, 11) is 0. The van der Waals surface area contributed by atoms with Crippen LogP contribution in [-0.2, 0) is 0 Å². The second-order valence-corrected chi connectivity index (χ2v) is 8.53. The van der Waals surface area contributed by atoms with E-state index in [1.54, 1.807) is 12.1 Å². The van der Waals surface area contributed by atoms with Gasteiger partial charge >= 0.3 is 0 Å². The van der Waals surface area contributed by atoms with Crippen LogP contribution in [0.3, 0.4) is 0 Å². The average Bonchev–Trinajstić information content (AvgIpc) is 3.03. The van der Waals surface area contributed by atoms with Gasteiger partial charge in [0, 0.05) is 18.7 Å². The lowest BCUT2D eigenvalue weighted by Crippen LogP contribution is -2.44. The SMILES string of the molecule is O=C(c1ccc2c(c1)C(=O)N(c1ccc(F)cc1)C2=O)N1CC[C@H]2CCCC[C@H]2C1. The fourth-order valence-electron chi connectivity index (χ4n) is 5.17. The quantitative estimate of drug-likeness (QED) is 0.700. The molecule has 0 N–H and O–H groups in total. The van der Waals surface area contributed by atoms with E-state index in [1.165, 1.54) is 56.0 Å². The van der Waals surface area contributed by atoms with Crippen molar-refractivity contribution in [1.29, 1.82) is 0 Å². The fourth-order valence-corrected chi connectivity index (χ4v) is 5.17. The van der Waals surface area contributed by atoms with Crippen molar-refractivity contribution >= 4 is 23.4 Å². The fraction of sp³-hybridized carbons (Fsp3) is 0.375. The minimum atomic E-state index is -0.484. The number of hydrogen-bond donors (Lipinski definition) is 0. The van der Waals surface area contributed by atoms with Crippen LogP contribution in [0.5, 0.6) is 0 Å². The van der Waals surface area contributed by atoms with Crippen molar-refractivity contribution in [2.24, 2.45) is 11.8 Å². The van der Waals surface area contributed by atoms with E-state index in [9.17, 15) is 18.8 Å². The molecule has 0 spiro atoms. The topological polar surface area (TPSA) is 57.7 Å². The Morgan fingerprint density at radius 1 is 0.867 bits per heavy atom. The van der Waals surface area contributed by atoms with Crippen molar-refractivity contribution < 1.29 is 18.8 Å². The molecule has 2 fully saturated rings. The molecule has 5 nitrogen and oxygen atoms in total. The Kier molecular flexibility index (Phi) is 4.65. The first-order chi connectivity index (χ1) is 14.5. The maximum absolute atomic E-state index is 13.2. The van der Waals surface area contributed by atoms with E-state index in [0.29, 0.717) is 17.2 Å². The van der Waals surface area contributed by atoms with Crippen LogP contribution in [-0.4, -0.2) is 35.7 Å². The van der Waals surface area contributed by atoms with Crippen LogP contribution in [0.15, 0.2) is 42.5 Å². The summed E-state index contributed by atoms with van der Waals surface area (Å²) < 4.78 is 13.2. The summed E-state index contributed by atoms with van der Waals surface area (Å²) in [6.07, 6.45) is 6.01. The van der Waals surface area contributed by atoms with Gasteiger partial charge in [0.2, 0.25) is 0 Å². The summed E-state index contributed by atoms with van der Waals surface area (Å²) in [5.41, 5.74) is 1.24. The lowest BCUT2D eigenvalue weighted by molar-refractivity contribution is 0.0520. The van der Waals surface area contributed by atoms with Crippen molar-refractivity contribution in [2.75, 3.05) is 18.0 Å². The number of piperidine rings is 1. The number of carbonyl (C=O) groups excluding carboxylic acids is 3. The molecule has 2 atom stereocenters. The van der Waals surface area contributed by atoms with Crippen molar-refractivity contribution in [2.45, 2.75) is 32.1 Å². The summed E-state index contributed by atoms with van der Waals surface area (Å²) in [4.78, 5) is 41.7. The highest BCUT2D eigenvalue weighted by Crippen LogP contribution is 2.37. The number of nitrogens with zero attached hydrogens (tertiary/aromatic N) is 2. The number of anilines is 1. The predicted molar refractivity (Wildman–Crippen MR) is 110 cm³/mol. The molecule has 2 heterocycles. The van der Waals surface area contributed by atoms with Crippen LogP contribution in [0.4, 0.5) is 10.1 Å². The van der Waals surface area contributed by atoms with Crippen molar-refractivity contribution in [1.82, 2.24) is 4.90 Å². The smallest absolute Gasteiger partial charge is 0.266 e. The van der Waals surface area contributed by atoms with E-state index in [-0.39, 0.29) is 17.0 Å². The maximum atomic E-state index is 13.2. The average molecular weight is 406 g/mol. The molecule has 2 aliphatic heterocycles. The maximum Gasteiger partial charge on any atom is 0.266 e. The summed E-state index contributed by atoms with van der Waals surface area (Å²) in [6, 6.07) is 9.95. The molecule has 5 rings (SSSR count). The Labute approximate surface area is 174 Å². The standard InChI is InChI=1S/C24H23FN2O3/c25-18-6-8-19(9-7-18)27-23(29)20-10-5-16(13-21(20)24(27)30)22(28)26-12-11-15-3-1-2-4-17(15)14-26/h5-10,13,15,17H,1-4,11-12,14H2/t15-,17+/m1/s1. The van der Waals surface area contributed by atoms with Gasteiger partial charge in [-0.3, -0.25) is 14.4 Å². The van der Waals surface area contributed by atoms with Gasteiger partial charge in [0.25, 0.3) is 17.7 Å². The number of fused-ring (bicyclic) bond motifs is 2. The van der Waals surface area contributed by atoms with Gasteiger partial charge in [-0.1, -0.05) is 19.3 Å². The Balaban J connectivity index is 1.39. The van der Waals surface area contributed by atoms with Crippen LogP contribution in [0.1, 0.15) is 63.2 Å². The van der Waals surface area contributed by atoms with Gasteiger partial charge < -0.3 is 4.90 Å². The molecule has 30 heavy (non-hydrogen) atoms. The molecule has 1 aliphatic carbocycles. The molecule has 0 bridgehead atoms. The number of hydrogen-bond acceptors (Lipinski definition) is 3. The molecular formula is C24H23FN2O3. The van der Waals surface area contributed by atoms with Gasteiger partial charge in [0.05, 0.1) is 16.8 Å². The van der Waals surface area contributed by atoms with Gasteiger partial charge in [-0.15, -0.1) is 0 Å². The largest absolute Gasteiger partial charge is 0.338 e.